The molecule has 3 heterocycles. The zero-order valence-electron chi connectivity index (χ0n) is 10.1. The molecule has 0 unspecified atom stereocenters. The monoisotopic (exact) mass is 257 g/mol. The topological polar surface area (TPSA) is 29.9 Å². The Bertz CT molecular complexity index is 691. The van der Waals surface area contributed by atoms with Crippen LogP contribution in [-0.4, -0.2) is 22.6 Å². The van der Waals surface area contributed by atoms with Gasteiger partial charge in [-0.1, -0.05) is 0 Å². The van der Waals surface area contributed by atoms with Gasteiger partial charge in [-0.2, -0.15) is 0 Å². The number of hydrogen-bond acceptors (Lipinski definition) is 3. The molecule has 0 saturated carbocycles. The molecule has 1 aliphatic heterocycles. The molecule has 3 nitrogen and oxygen atoms in total. The van der Waals surface area contributed by atoms with Crippen LogP contribution in [0.15, 0.2) is 29.9 Å². The average Bonchev–Trinajstić information content (AvgIpc) is 3.02. The van der Waals surface area contributed by atoms with Gasteiger partial charge >= 0.3 is 0 Å². The summed E-state index contributed by atoms with van der Waals surface area (Å²) < 4.78 is 3.72. The fraction of sp³-hybridized carbons (Fsp3) is 0.357. The summed E-state index contributed by atoms with van der Waals surface area (Å²) in [4.78, 5) is 4.43. The van der Waals surface area contributed by atoms with E-state index in [4.69, 9.17) is 0 Å². The lowest BCUT2D eigenvalue weighted by Gasteiger charge is -2.25. The largest absolute Gasteiger partial charge is 0.344 e. The first kappa shape index (κ1) is 10.5. The highest BCUT2D eigenvalue weighted by Crippen LogP contribution is 2.29. The van der Waals surface area contributed by atoms with Crippen LogP contribution in [0, 0.1) is 0 Å². The van der Waals surface area contributed by atoms with E-state index in [0.29, 0.717) is 6.04 Å². The van der Waals surface area contributed by atoms with Gasteiger partial charge in [0, 0.05) is 17.6 Å². The normalized spacial score (nSPS) is 17.8. The van der Waals surface area contributed by atoms with Crippen LogP contribution in [0.4, 0.5) is 0 Å². The molecule has 4 rings (SSSR count). The number of thiazole rings is 1. The van der Waals surface area contributed by atoms with E-state index in [1.54, 1.807) is 11.3 Å². The number of fused-ring (bicyclic) bond motifs is 2. The molecule has 2 aromatic heterocycles. The zero-order valence-corrected chi connectivity index (χ0v) is 10.9. The second-order valence-corrected chi connectivity index (χ2v) is 5.82. The van der Waals surface area contributed by atoms with Gasteiger partial charge in [0.25, 0.3) is 0 Å². The van der Waals surface area contributed by atoms with Gasteiger partial charge in [-0.25, -0.2) is 4.98 Å². The second-order valence-electron chi connectivity index (χ2n) is 4.94. The van der Waals surface area contributed by atoms with Crippen molar-refractivity contribution in [1.29, 1.82) is 0 Å². The molecule has 1 aromatic carbocycles. The molecule has 3 aromatic rings. The zero-order chi connectivity index (χ0) is 11.9. The quantitative estimate of drug-likeness (QED) is 0.725. The summed E-state index contributed by atoms with van der Waals surface area (Å²) >= 11 is 1.72. The molecule has 0 radical (unpaired) electrons. The van der Waals surface area contributed by atoms with Gasteiger partial charge in [0.2, 0.25) is 0 Å². The standard InChI is InChI=1S/C14H15N3S/c1-4-15-5-2-11(1)17-6-3-10-7-14-12(8-13(10)17)16-9-18-14/h3,6-9,11,15H,1-2,4-5H2. The molecule has 1 fully saturated rings. The molecule has 0 aliphatic carbocycles. The lowest BCUT2D eigenvalue weighted by Crippen LogP contribution is -2.29. The van der Waals surface area contributed by atoms with E-state index in [1.807, 2.05) is 5.51 Å². The van der Waals surface area contributed by atoms with E-state index in [-0.39, 0.29) is 0 Å². The summed E-state index contributed by atoms with van der Waals surface area (Å²) in [6.07, 6.45) is 4.68. The van der Waals surface area contributed by atoms with Gasteiger partial charge in [0.15, 0.2) is 0 Å². The molecule has 0 amide bonds. The van der Waals surface area contributed by atoms with E-state index in [2.05, 4.69) is 39.3 Å². The first-order chi connectivity index (χ1) is 8.92. The lowest BCUT2D eigenvalue weighted by molar-refractivity contribution is 0.376. The Labute approximate surface area is 109 Å². The van der Waals surface area contributed by atoms with Crippen molar-refractivity contribution in [2.24, 2.45) is 0 Å². The summed E-state index contributed by atoms with van der Waals surface area (Å²) in [6, 6.07) is 7.37. The second kappa shape index (κ2) is 4.07. The molecule has 18 heavy (non-hydrogen) atoms. The van der Waals surface area contributed by atoms with Crippen molar-refractivity contribution >= 4 is 32.5 Å². The van der Waals surface area contributed by atoms with Gasteiger partial charge in [0.1, 0.15) is 0 Å². The predicted molar refractivity (Wildman–Crippen MR) is 76.3 cm³/mol. The Hall–Kier alpha value is -1.39. The Kier molecular flexibility index (Phi) is 2.38. The van der Waals surface area contributed by atoms with Crippen molar-refractivity contribution in [2.75, 3.05) is 13.1 Å². The van der Waals surface area contributed by atoms with Crippen LogP contribution in [0.1, 0.15) is 18.9 Å². The van der Waals surface area contributed by atoms with Crippen molar-refractivity contribution in [1.82, 2.24) is 14.9 Å². The maximum atomic E-state index is 4.43. The highest BCUT2D eigenvalue weighted by atomic mass is 32.1. The number of hydrogen-bond donors (Lipinski definition) is 1. The van der Waals surface area contributed by atoms with Crippen molar-refractivity contribution in [3.05, 3.63) is 29.9 Å². The van der Waals surface area contributed by atoms with Crippen molar-refractivity contribution < 1.29 is 0 Å². The summed E-state index contributed by atoms with van der Waals surface area (Å²) in [5.41, 5.74) is 4.39. The van der Waals surface area contributed by atoms with Gasteiger partial charge in [-0.3, -0.25) is 0 Å². The number of aromatic nitrogens is 2. The van der Waals surface area contributed by atoms with E-state index in [9.17, 15) is 0 Å². The third-order valence-electron chi connectivity index (χ3n) is 3.87. The van der Waals surface area contributed by atoms with Crippen LogP contribution in [0.2, 0.25) is 0 Å². The minimum absolute atomic E-state index is 0.639. The minimum Gasteiger partial charge on any atom is -0.344 e. The average molecular weight is 257 g/mol. The SMILES string of the molecule is c1nc2cc3c(ccn3C3CCNCC3)cc2s1. The number of nitrogens with one attached hydrogen (secondary N) is 1. The number of benzene rings is 1. The lowest BCUT2D eigenvalue weighted by atomic mass is 10.1. The summed E-state index contributed by atoms with van der Waals surface area (Å²) in [5, 5.41) is 4.76. The Balaban J connectivity index is 1.88. The molecule has 92 valence electrons. The molecule has 1 aliphatic rings. The maximum absolute atomic E-state index is 4.43. The van der Waals surface area contributed by atoms with Crippen molar-refractivity contribution in [3.8, 4) is 0 Å². The minimum atomic E-state index is 0.639. The first-order valence-corrected chi connectivity index (χ1v) is 7.34. The number of nitrogens with zero attached hydrogens (tertiary/aromatic N) is 2. The third-order valence-corrected chi connectivity index (χ3v) is 4.67. The van der Waals surface area contributed by atoms with Gasteiger partial charge in [-0.05, 0) is 44.1 Å². The Morgan fingerprint density at radius 1 is 1.28 bits per heavy atom. The Morgan fingerprint density at radius 3 is 3.06 bits per heavy atom. The van der Waals surface area contributed by atoms with E-state index < -0.39 is 0 Å². The van der Waals surface area contributed by atoms with Crippen LogP contribution in [0.25, 0.3) is 21.1 Å². The van der Waals surface area contributed by atoms with Crippen molar-refractivity contribution in [2.45, 2.75) is 18.9 Å². The fourth-order valence-corrected chi connectivity index (χ4v) is 3.62. The molecule has 1 saturated heterocycles. The number of rotatable bonds is 1. The van der Waals surface area contributed by atoms with Crippen LogP contribution < -0.4 is 5.32 Å². The molecule has 0 atom stereocenters. The van der Waals surface area contributed by atoms with Crippen molar-refractivity contribution in [3.63, 3.8) is 0 Å². The van der Waals surface area contributed by atoms with E-state index in [1.165, 1.54) is 28.4 Å². The first-order valence-electron chi connectivity index (χ1n) is 6.46. The summed E-state index contributed by atoms with van der Waals surface area (Å²) in [6.45, 7) is 2.26. The van der Waals surface area contributed by atoms with E-state index in [0.717, 1.165) is 18.6 Å². The Morgan fingerprint density at radius 2 is 2.17 bits per heavy atom. The van der Waals surface area contributed by atoms with Gasteiger partial charge < -0.3 is 9.88 Å². The molecular formula is C14H15N3S. The molecular weight excluding hydrogens is 242 g/mol. The summed E-state index contributed by atoms with van der Waals surface area (Å²) in [5.74, 6) is 0. The van der Waals surface area contributed by atoms with Gasteiger partial charge in [0.05, 0.1) is 21.2 Å². The van der Waals surface area contributed by atoms with Crippen LogP contribution >= 0.6 is 11.3 Å². The smallest absolute Gasteiger partial charge is 0.0833 e. The maximum Gasteiger partial charge on any atom is 0.0833 e. The number of piperidine rings is 1. The third kappa shape index (κ3) is 1.56. The fourth-order valence-electron chi connectivity index (χ4n) is 2.91. The summed E-state index contributed by atoms with van der Waals surface area (Å²) in [7, 11) is 0. The highest BCUT2D eigenvalue weighted by Gasteiger charge is 2.16. The predicted octanol–water partition coefficient (Wildman–Crippen LogP) is 3.18. The van der Waals surface area contributed by atoms with Crippen LogP contribution in [0.5, 0.6) is 0 Å². The highest BCUT2D eigenvalue weighted by molar-refractivity contribution is 7.16. The van der Waals surface area contributed by atoms with Gasteiger partial charge in [-0.15, -0.1) is 11.3 Å². The van der Waals surface area contributed by atoms with E-state index >= 15 is 0 Å². The van der Waals surface area contributed by atoms with Crippen LogP contribution in [-0.2, 0) is 0 Å². The van der Waals surface area contributed by atoms with Crippen LogP contribution in [0.3, 0.4) is 0 Å². The molecule has 0 spiro atoms. The molecule has 0 bridgehead atoms. The molecule has 4 heteroatoms. The molecule has 1 N–H and O–H groups in total.